The van der Waals surface area contributed by atoms with E-state index in [0.29, 0.717) is 5.69 Å². The van der Waals surface area contributed by atoms with E-state index in [1.807, 2.05) is 31.8 Å². The molecule has 1 atom stereocenters. The van der Waals surface area contributed by atoms with Crippen molar-refractivity contribution in [2.45, 2.75) is 19.4 Å². The molecule has 0 saturated heterocycles. The summed E-state index contributed by atoms with van der Waals surface area (Å²) in [5.74, 6) is -0.864. The highest BCUT2D eigenvalue weighted by molar-refractivity contribution is 5.85. The van der Waals surface area contributed by atoms with Crippen molar-refractivity contribution in [3.63, 3.8) is 0 Å². The molecule has 1 N–H and O–H groups in total. The van der Waals surface area contributed by atoms with Crippen LogP contribution in [0.5, 0.6) is 0 Å². The average Bonchev–Trinajstić information content (AvgIpc) is 2.62. The molecular formula is C11H18N2O2. The molecule has 4 heteroatoms. The highest BCUT2D eigenvalue weighted by Crippen LogP contribution is 2.15. The highest BCUT2D eigenvalue weighted by atomic mass is 16.4. The van der Waals surface area contributed by atoms with Crippen molar-refractivity contribution in [2.75, 3.05) is 20.6 Å². The van der Waals surface area contributed by atoms with E-state index in [-0.39, 0.29) is 6.04 Å². The minimum absolute atomic E-state index is 0.216. The predicted molar refractivity (Wildman–Crippen MR) is 59.3 cm³/mol. The van der Waals surface area contributed by atoms with Crippen molar-refractivity contribution in [1.29, 1.82) is 0 Å². The van der Waals surface area contributed by atoms with Crippen LogP contribution in [-0.4, -0.2) is 41.2 Å². The Labute approximate surface area is 90.1 Å². The Morgan fingerprint density at radius 1 is 1.60 bits per heavy atom. The molecule has 4 nitrogen and oxygen atoms in total. The normalized spacial score (nSPS) is 13.1. The first-order valence-electron chi connectivity index (χ1n) is 5.07. The minimum atomic E-state index is -0.864. The van der Waals surface area contributed by atoms with Gasteiger partial charge in [-0.15, -0.1) is 0 Å². The van der Waals surface area contributed by atoms with Crippen molar-refractivity contribution in [2.24, 2.45) is 0 Å². The lowest BCUT2D eigenvalue weighted by atomic mass is 10.2. The molecule has 0 saturated carbocycles. The van der Waals surface area contributed by atoms with Crippen LogP contribution < -0.4 is 0 Å². The molecule has 0 radical (unpaired) electrons. The topological polar surface area (TPSA) is 45.5 Å². The van der Waals surface area contributed by atoms with E-state index in [2.05, 4.69) is 4.90 Å². The van der Waals surface area contributed by atoms with Gasteiger partial charge < -0.3 is 14.6 Å². The number of carboxylic acids is 1. The van der Waals surface area contributed by atoms with Gasteiger partial charge in [-0.25, -0.2) is 4.79 Å². The molecule has 0 bridgehead atoms. The number of carboxylic acid groups (broad SMARTS) is 1. The molecule has 0 aliphatic carbocycles. The van der Waals surface area contributed by atoms with E-state index in [1.165, 1.54) is 0 Å². The van der Waals surface area contributed by atoms with Crippen molar-refractivity contribution < 1.29 is 9.90 Å². The van der Waals surface area contributed by atoms with Crippen molar-refractivity contribution >= 4 is 5.97 Å². The fourth-order valence-corrected chi connectivity index (χ4v) is 1.54. The lowest BCUT2D eigenvalue weighted by Crippen LogP contribution is -2.19. The quantitative estimate of drug-likeness (QED) is 0.804. The molecule has 0 aromatic carbocycles. The first-order chi connectivity index (χ1) is 7.02. The fourth-order valence-electron chi connectivity index (χ4n) is 1.54. The zero-order chi connectivity index (χ0) is 11.4. The van der Waals surface area contributed by atoms with Gasteiger partial charge >= 0.3 is 5.97 Å². The van der Waals surface area contributed by atoms with E-state index in [0.717, 1.165) is 13.0 Å². The molecule has 0 fully saturated rings. The van der Waals surface area contributed by atoms with Gasteiger partial charge in [-0.3, -0.25) is 0 Å². The van der Waals surface area contributed by atoms with Crippen molar-refractivity contribution in [3.05, 3.63) is 24.0 Å². The maximum atomic E-state index is 10.9. The summed E-state index contributed by atoms with van der Waals surface area (Å²) in [6.45, 7) is 2.99. The van der Waals surface area contributed by atoms with Crippen LogP contribution in [0.2, 0.25) is 0 Å². The van der Waals surface area contributed by atoms with Crippen LogP contribution in [0.4, 0.5) is 0 Å². The Morgan fingerprint density at radius 2 is 2.27 bits per heavy atom. The zero-order valence-corrected chi connectivity index (χ0v) is 9.47. The van der Waals surface area contributed by atoms with Crippen LogP contribution >= 0.6 is 0 Å². The summed E-state index contributed by atoms with van der Waals surface area (Å²) >= 11 is 0. The molecule has 1 rings (SSSR count). The third-order valence-electron chi connectivity index (χ3n) is 2.47. The molecule has 15 heavy (non-hydrogen) atoms. The Morgan fingerprint density at radius 3 is 2.80 bits per heavy atom. The second-order valence-corrected chi connectivity index (χ2v) is 4.05. The molecule has 84 valence electrons. The molecule has 1 aromatic rings. The number of hydrogen-bond donors (Lipinski definition) is 1. The summed E-state index contributed by atoms with van der Waals surface area (Å²) in [7, 11) is 4.03. The summed E-state index contributed by atoms with van der Waals surface area (Å²) in [6, 6.07) is 3.62. The van der Waals surface area contributed by atoms with E-state index in [4.69, 9.17) is 5.11 Å². The lowest BCUT2D eigenvalue weighted by Gasteiger charge is -2.18. The Hall–Kier alpha value is -1.29. The van der Waals surface area contributed by atoms with Gasteiger partial charge in [0.15, 0.2) is 0 Å². The maximum absolute atomic E-state index is 10.9. The smallest absolute Gasteiger partial charge is 0.352 e. The molecular weight excluding hydrogens is 192 g/mol. The summed E-state index contributed by atoms with van der Waals surface area (Å²) in [4.78, 5) is 13.0. The van der Waals surface area contributed by atoms with Crippen LogP contribution in [0, 0.1) is 0 Å². The van der Waals surface area contributed by atoms with Gasteiger partial charge in [0.1, 0.15) is 5.69 Å². The van der Waals surface area contributed by atoms with Gasteiger partial charge in [0, 0.05) is 12.2 Å². The average molecular weight is 210 g/mol. The number of nitrogens with zero attached hydrogens (tertiary/aromatic N) is 2. The molecule has 0 aliphatic heterocycles. The third-order valence-corrected chi connectivity index (χ3v) is 2.47. The Bertz CT molecular complexity index is 331. The van der Waals surface area contributed by atoms with Gasteiger partial charge in [0.05, 0.1) is 0 Å². The zero-order valence-electron chi connectivity index (χ0n) is 9.47. The molecule has 0 amide bonds. The van der Waals surface area contributed by atoms with Gasteiger partial charge in [0.2, 0.25) is 0 Å². The van der Waals surface area contributed by atoms with E-state index < -0.39 is 5.97 Å². The van der Waals surface area contributed by atoms with E-state index in [9.17, 15) is 4.79 Å². The highest BCUT2D eigenvalue weighted by Gasteiger charge is 2.13. The molecule has 1 heterocycles. The number of carbonyl (C=O) groups is 1. The standard InChI is InChI=1S/C11H18N2O2/c1-9(6-8-12(2)3)13-7-4-5-10(13)11(14)15/h4-5,7,9H,6,8H2,1-3H3,(H,14,15). The van der Waals surface area contributed by atoms with Crippen molar-refractivity contribution in [1.82, 2.24) is 9.47 Å². The molecule has 1 aromatic heterocycles. The number of aromatic carboxylic acids is 1. The SMILES string of the molecule is CC(CCN(C)C)n1cccc1C(=O)O. The monoisotopic (exact) mass is 210 g/mol. The number of aromatic nitrogens is 1. The summed E-state index contributed by atoms with van der Waals surface area (Å²) < 4.78 is 1.81. The summed E-state index contributed by atoms with van der Waals surface area (Å²) in [5, 5.41) is 8.95. The third kappa shape index (κ3) is 3.09. The second-order valence-electron chi connectivity index (χ2n) is 4.05. The summed E-state index contributed by atoms with van der Waals surface area (Å²) in [5.41, 5.74) is 0.362. The Kier molecular flexibility index (Phi) is 3.91. The number of hydrogen-bond acceptors (Lipinski definition) is 2. The van der Waals surface area contributed by atoms with Gasteiger partial charge in [-0.05, 0) is 46.1 Å². The molecule has 0 spiro atoms. The van der Waals surface area contributed by atoms with Gasteiger partial charge in [-0.2, -0.15) is 0 Å². The number of rotatable bonds is 5. The molecule has 0 aliphatic rings. The van der Waals surface area contributed by atoms with E-state index in [1.54, 1.807) is 12.1 Å². The van der Waals surface area contributed by atoms with E-state index >= 15 is 0 Å². The van der Waals surface area contributed by atoms with Crippen LogP contribution in [0.25, 0.3) is 0 Å². The molecule has 1 unspecified atom stereocenters. The van der Waals surface area contributed by atoms with Crippen molar-refractivity contribution in [3.8, 4) is 0 Å². The largest absolute Gasteiger partial charge is 0.477 e. The van der Waals surface area contributed by atoms with Crippen LogP contribution in [0.15, 0.2) is 18.3 Å². The minimum Gasteiger partial charge on any atom is -0.477 e. The Balaban J connectivity index is 2.69. The first-order valence-corrected chi connectivity index (χ1v) is 5.07. The summed E-state index contributed by atoms with van der Waals surface area (Å²) in [6.07, 6.45) is 2.77. The van der Waals surface area contributed by atoms with Gasteiger partial charge in [-0.1, -0.05) is 0 Å². The van der Waals surface area contributed by atoms with Gasteiger partial charge in [0.25, 0.3) is 0 Å². The lowest BCUT2D eigenvalue weighted by molar-refractivity contribution is 0.0682. The second kappa shape index (κ2) is 4.98. The predicted octanol–water partition coefficient (Wildman–Crippen LogP) is 1.70. The van der Waals surface area contributed by atoms with Crippen LogP contribution in [-0.2, 0) is 0 Å². The van der Waals surface area contributed by atoms with Crippen LogP contribution in [0.3, 0.4) is 0 Å². The first kappa shape index (κ1) is 11.8. The fraction of sp³-hybridized carbons (Fsp3) is 0.545. The maximum Gasteiger partial charge on any atom is 0.352 e. The van der Waals surface area contributed by atoms with Crippen LogP contribution in [0.1, 0.15) is 29.9 Å².